The second-order valence-corrected chi connectivity index (χ2v) is 6.52. The first kappa shape index (κ1) is 20.0. The zero-order valence-corrected chi connectivity index (χ0v) is 16.0. The van der Waals surface area contributed by atoms with Gasteiger partial charge in [-0.2, -0.15) is 0 Å². The van der Waals surface area contributed by atoms with Crippen molar-refractivity contribution in [3.63, 3.8) is 0 Å². The monoisotopic (exact) mass is 384 g/mol. The number of hydrogen-bond acceptors (Lipinski definition) is 6. The van der Waals surface area contributed by atoms with Crippen LogP contribution < -0.4 is 4.74 Å². The van der Waals surface area contributed by atoms with Crippen LogP contribution in [0.4, 0.5) is 0 Å². The van der Waals surface area contributed by atoms with Gasteiger partial charge in [-0.25, -0.2) is 4.84 Å². The minimum absolute atomic E-state index is 0.0823. The Kier molecular flexibility index (Phi) is 6.76. The number of rotatable bonds is 8. The van der Waals surface area contributed by atoms with Crippen LogP contribution in [0.15, 0.2) is 54.6 Å². The summed E-state index contributed by atoms with van der Waals surface area (Å²) in [6, 6.07) is 16.8. The zero-order chi connectivity index (χ0) is 19.9. The molecule has 0 aliphatic carbocycles. The van der Waals surface area contributed by atoms with E-state index in [1.807, 2.05) is 59.5 Å². The molecule has 0 N–H and O–H groups in total. The largest absolute Gasteiger partial charge is 0.497 e. The summed E-state index contributed by atoms with van der Waals surface area (Å²) in [4.78, 5) is 32.6. The van der Waals surface area contributed by atoms with Crippen LogP contribution in [0.25, 0.3) is 0 Å². The standard InChI is InChI=1S/C21H24N2O5/c1-26-15-28-23-20(24)14-22(13-17-8-10-18(27-2)11-9-17)19(21(23)25)12-16-6-4-3-5-7-16/h3-11,19H,12-15H2,1-2H3/t19-/m0/s1. The molecule has 1 heterocycles. The first-order chi connectivity index (χ1) is 13.6. The van der Waals surface area contributed by atoms with E-state index in [1.165, 1.54) is 7.11 Å². The minimum Gasteiger partial charge on any atom is -0.497 e. The number of carbonyl (C=O) groups is 2. The second-order valence-electron chi connectivity index (χ2n) is 6.52. The lowest BCUT2D eigenvalue weighted by atomic mass is 10.0. The molecule has 0 unspecified atom stereocenters. The van der Waals surface area contributed by atoms with Gasteiger partial charge in [0.1, 0.15) is 5.75 Å². The molecule has 0 aromatic heterocycles. The van der Waals surface area contributed by atoms with Gasteiger partial charge in [0.15, 0.2) is 6.79 Å². The van der Waals surface area contributed by atoms with Crippen molar-refractivity contribution in [3.8, 4) is 5.75 Å². The summed E-state index contributed by atoms with van der Waals surface area (Å²) in [5.74, 6) is -0.0277. The summed E-state index contributed by atoms with van der Waals surface area (Å²) in [5.41, 5.74) is 2.01. The predicted molar refractivity (Wildman–Crippen MR) is 102 cm³/mol. The molecule has 7 heteroatoms. The molecule has 0 radical (unpaired) electrons. The van der Waals surface area contributed by atoms with E-state index in [4.69, 9.17) is 14.3 Å². The maximum atomic E-state index is 13.0. The lowest BCUT2D eigenvalue weighted by Gasteiger charge is -2.38. The van der Waals surface area contributed by atoms with Crippen LogP contribution in [-0.2, 0) is 32.1 Å². The van der Waals surface area contributed by atoms with Crippen molar-refractivity contribution in [2.75, 3.05) is 27.6 Å². The summed E-state index contributed by atoms with van der Waals surface area (Å²) in [5, 5.41) is 0.835. The third kappa shape index (κ3) is 4.75. The SMILES string of the molecule is COCON1C(=O)CN(Cc2ccc(OC)cc2)[C@@H](Cc2ccccc2)C1=O. The fourth-order valence-corrected chi connectivity index (χ4v) is 3.19. The number of hydroxylamine groups is 2. The van der Waals surface area contributed by atoms with Gasteiger partial charge in [0, 0.05) is 13.7 Å². The molecular weight excluding hydrogens is 360 g/mol. The Morgan fingerprint density at radius 2 is 1.68 bits per heavy atom. The van der Waals surface area contributed by atoms with Crippen molar-refractivity contribution in [1.29, 1.82) is 0 Å². The number of hydrogen-bond donors (Lipinski definition) is 0. The maximum Gasteiger partial charge on any atom is 0.271 e. The molecule has 7 nitrogen and oxygen atoms in total. The van der Waals surface area contributed by atoms with Gasteiger partial charge in [0.25, 0.3) is 11.8 Å². The normalized spacial score (nSPS) is 17.8. The summed E-state index contributed by atoms with van der Waals surface area (Å²) in [7, 11) is 3.05. The van der Waals surface area contributed by atoms with Crippen LogP contribution in [0.5, 0.6) is 5.75 Å². The number of carbonyl (C=O) groups excluding carboxylic acids is 2. The van der Waals surface area contributed by atoms with Crippen molar-refractivity contribution in [3.05, 3.63) is 65.7 Å². The number of benzene rings is 2. The van der Waals surface area contributed by atoms with E-state index in [9.17, 15) is 9.59 Å². The molecule has 28 heavy (non-hydrogen) atoms. The highest BCUT2D eigenvalue weighted by Crippen LogP contribution is 2.21. The van der Waals surface area contributed by atoms with E-state index in [0.29, 0.717) is 13.0 Å². The molecule has 1 aliphatic heterocycles. The Morgan fingerprint density at radius 1 is 0.964 bits per heavy atom. The first-order valence-corrected chi connectivity index (χ1v) is 9.02. The molecule has 3 rings (SSSR count). The Morgan fingerprint density at radius 3 is 2.32 bits per heavy atom. The summed E-state index contributed by atoms with van der Waals surface area (Å²) in [6.45, 7) is 0.393. The van der Waals surface area contributed by atoms with E-state index in [-0.39, 0.29) is 19.2 Å². The number of methoxy groups -OCH3 is 2. The average Bonchev–Trinajstić information content (AvgIpc) is 2.72. The van der Waals surface area contributed by atoms with Gasteiger partial charge in [-0.1, -0.05) is 42.5 Å². The van der Waals surface area contributed by atoms with Crippen molar-refractivity contribution in [1.82, 2.24) is 9.96 Å². The molecule has 0 saturated carbocycles. The first-order valence-electron chi connectivity index (χ1n) is 9.02. The number of imide groups is 1. The molecule has 1 aliphatic rings. The van der Waals surface area contributed by atoms with Crippen LogP contribution in [0, 0.1) is 0 Å². The number of piperazine rings is 1. The van der Waals surface area contributed by atoms with E-state index in [2.05, 4.69) is 0 Å². The van der Waals surface area contributed by atoms with Gasteiger partial charge in [-0.15, -0.1) is 5.06 Å². The fourth-order valence-electron chi connectivity index (χ4n) is 3.19. The highest BCUT2D eigenvalue weighted by atomic mass is 16.8. The van der Waals surface area contributed by atoms with E-state index >= 15 is 0 Å². The van der Waals surface area contributed by atoms with Crippen LogP contribution in [0.2, 0.25) is 0 Å². The molecule has 1 fully saturated rings. The van der Waals surface area contributed by atoms with Crippen molar-refractivity contribution >= 4 is 11.8 Å². The molecule has 0 spiro atoms. The Bertz CT molecular complexity index is 794. The smallest absolute Gasteiger partial charge is 0.271 e. The third-order valence-electron chi connectivity index (χ3n) is 4.61. The van der Waals surface area contributed by atoms with Gasteiger partial charge < -0.3 is 9.47 Å². The lowest BCUT2D eigenvalue weighted by Crippen LogP contribution is -2.60. The highest BCUT2D eigenvalue weighted by Gasteiger charge is 2.40. The van der Waals surface area contributed by atoms with E-state index in [0.717, 1.165) is 21.9 Å². The summed E-state index contributed by atoms with van der Waals surface area (Å²) in [6.07, 6.45) is 0.482. The van der Waals surface area contributed by atoms with Crippen LogP contribution in [0.3, 0.4) is 0 Å². The molecule has 1 saturated heterocycles. The summed E-state index contributed by atoms with van der Waals surface area (Å²) < 4.78 is 10.0. The predicted octanol–water partition coefficient (Wildman–Crippen LogP) is 2.01. The Balaban J connectivity index is 1.82. The van der Waals surface area contributed by atoms with Crippen LogP contribution in [0.1, 0.15) is 11.1 Å². The molecular formula is C21H24N2O5. The molecule has 0 bridgehead atoms. The number of amides is 2. The van der Waals surface area contributed by atoms with Crippen LogP contribution in [-0.4, -0.2) is 55.4 Å². The highest BCUT2D eigenvalue weighted by molar-refractivity contribution is 6.00. The van der Waals surface area contributed by atoms with Crippen LogP contribution >= 0.6 is 0 Å². The van der Waals surface area contributed by atoms with Crippen molar-refractivity contribution in [2.24, 2.45) is 0 Å². The van der Waals surface area contributed by atoms with Crippen molar-refractivity contribution in [2.45, 2.75) is 19.0 Å². The number of nitrogens with zero attached hydrogens (tertiary/aromatic N) is 2. The second kappa shape index (κ2) is 9.45. The van der Waals surface area contributed by atoms with Gasteiger partial charge in [-0.3, -0.25) is 14.5 Å². The Hall–Kier alpha value is -2.74. The maximum absolute atomic E-state index is 13.0. The third-order valence-corrected chi connectivity index (χ3v) is 4.61. The lowest BCUT2D eigenvalue weighted by molar-refractivity contribution is -0.229. The van der Waals surface area contributed by atoms with Gasteiger partial charge in [0.2, 0.25) is 0 Å². The number of ether oxygens (including phenoxy) is 2. The molecule has 2 amide bonds. The Labute approximate surface area is 164 Å². The molecule has 2 aromatic carbocycles. The zero-order valence-electron chi connectivity index (χ0n) is 16.0. The van der Waals surface area contributed by atoms with Crippen molar-refractivity contribution < 1.29 is 23.9 Å². The van der Waals surface area contributed by atoms with Gasteiger partial charge in [0.05, 0.1) is 19.7 Å². The quantitative estimate of drug-likeness (QED) is 0.512. The molecule has 2 aromatic rings. The average molecular weight is 384 g/mol. The van der Waals surface area contributed by atoms with Gasteiger partial charge >= 0.3 is 0 Å². The molecule has 148 valence electrons. The molecule has 1 atom stereocenters. The van der Waals surface area contributed by atoms with E-state index in [1.54, 1.807) is 7.11 Å². The minimum atomic E-state index is -0.515. The fraction of sp³-hybridized carbons (Fsp3) is 0.333. The summed E-state index contributed by atoms with van der Waals surface area (Å²) >= 11 is 0. The van der Waals surface area contributed by atoms with E-state index < -0.39 is 11.9 Å². The van der Waals surface area contributed by atoms with Gasteiger partial charge in [-0.05, 0) is 29.7 Å². The topological polar surface area (TPSA) is 68.3 Å².